The van der Waals surface area contributed by atoms with Crippen molar-refractivity contribution in [3.05, 3.63) is 72.1 Å². The number of carbonyl (C=O) groups excluding carboxylic acids is 2. The number of hydrogen-bond donors (Lipinski definition) is 1. The summed E-state index contributed by atoms with van der Waals surface area (Å²) in [6.45, 7) is 3.63. The van der Waals surface area contributed by atoms with Gasteiger partial charge in [0.1, 0.15) is 6.33 Å². The van der Waals surface area contributed by atoms with Crippen LogP contribution in [0.4, 0.5) is 0 Å². The van der Waals surface area contributed by atoms with Gasteiger partial charge in [-0.15, -0.1) is 5.10 Å². The van der Waals surface area contributed by atoms with E-state index in [0.29, 0.717) is 11.3 Å². The summed E-state index contributed by atoms with van der Waals surface area (Å²) in [7, 11) is 0. The molecule has 150 valence electrons. The predicted octanol–water partition coefficient (Wildman–Crippen LogP) is 2.87. The molecule has 2 aromatic carbocycles. The Morgan fingerprint density at radius 2 is 1.83 bits per heavy atom. The molecular weight excluding hydrogens is 370 g/mol. The van der Waals surface area contributed by atoms with Crippen molar-refractivity contribution < 1.29 is 14.3 Å². The van der Waals surface area contributed by atoms with Gasteiger partial charge in [-0.25, -0.2) is 9.48 Å². The van der Waals surface area contributed by atoms with Crippen LogP contribution in [-0.2, 0) is 9.53 Å². The maximum Gasteiger partial charge on any atom is 0.338 e. The zero-order chi connectivity index (χ0) is 20.6. The first-order valence-corrected chi connectivity index (χ1v) is 9.48. The molecule has 1 heterocycles. The Balaban J connectivity index is 1.60. The Morgan fingerprint density at radius 3 is 2.45 bits per heavy atom. The maximum atomic E-state index is 12.6. The first kappa shape index (κ1) is 20.2. The molecule has 29 heavy (non-hydrogen) atoms. The van der Waals surface area contributed by atoms with E-state index in [9.17, 15) is 9.59 Å². The molecule has 1 N–H and O–H groups in total. The van der Waals surface area contributed by atoms with E-state index in [1.54, 1.807) is 31.2 Å². The lowest BCUT2D eigenvalue weighted by Crippen LogP contribution is -2.38. The molecule has 8 nitrogen and oxygen atoms in total. The Bertz CT molecular complexity index is 927. The molecule has 0 saturated heterocycles. The fourth-order valence-electron chi connectivity index (χ4n) is 2.90. The van der Waals surface area contributed by atoms with E-state index in [2.05, 4.69) is 27.8 Å². The number of carbonyl (C=O) groups is 2. The predicted molar refractivity (Wildman–Crippen MR) is 106 cm³/mol. The lowest BCUT2D eigenvalue weighted by molar-refractivity contribution is -0.129. The fourth-order valence-corrected chi connectivity index (χ4v) is 2.90. The van der Waals surface area contributed by atoms with Gasteiger partial charge in [-0.2, -0.15) is 0 Å². The summed E-state index contributed by atoms with van der Waals surface area (Å²) in [6, 6.07) is 16.2. The van der Waals surface area contributed by atoms with Crippen molar-refractivity contribution in [2.24, 2.45) is 0 Å². The summed E-state index contributed by atoms with van der Waals surface area (Å²) in [6.07, 6.45) is 2.26. The highest BCUT2D eigenvalue weighted by molar-refractivity contribution is 5.92. The van der Waals surface area contributed by atoms with E-state index in [0.717, 1.165) is 18.4 Å². The maximum absolute atomic E-state index is 12.6. The topological polar surface area (TPSA) is 99.0 Å². The van der Waals surface area contributed by atoms with Crippen LogP contribution >= 0.6 is 0 Å². The third kappa shape index (κ3) is 5.25. The lowest BCUT2D eigenvalue weighted by atomic mass is 10.0. The summed E-state index contributed by atoms with van der Waals surface area (Å²) < 4.78 is 6.82. The third-order valence-corrected chi connectivity index (χ3v) is 4.47. The van der Waals surface area contributed by atoms with Crippen LogP contribution in [0.3, 0.4) is 0 Å². The molecule has 0 aliphatic carbocycles. The Morgan fingerprint density at radius 1 is 1.10 bits per heavy atom. The molecule has 1 aromatic heterocycles. The van der Waals surface area contributed by atoms with Gasteiger partial charge < -0.3 is 10.1 Å². The summed E-state index contributed by atoms with van der Waals surface area (Å²) >= 11 is 0. The SMILES string of the molecule is CCC[C@@H](NC(=O)[C@@H](C)OC(=O)c1ccc(-n2cnnn2)cc1)c1ccccc1. The number of aromatic nitrogens is 4. The van der Waals surface area contributed by atoms with Gasteiger partial charge in [0.05, 0.1) is 17.3 Å². The second-order valence-electron chi connectivity index (χ2n) is 6.61. The lowest BCUT2D eigenvalue weighted by Gasteiger charge is -2.21. The largest absolute Gasteiger partial charge is 0.449 e. The van der Waals surface area contributed by atoms with Gasteiger partial charge >= 0.3 is 5.97 Å². The van der Waals surface area contributed by atoms with Crippen LogP contribution in [0.5, 0.6) is 0 Å². The van der Waals surface area contributed by atoms with Gasteiger partial charge in [0.25, 0.3) is 5.91 Å². The van der Waals surface area contributed by atoms with Gasteiger partial charge in [-0.1, -0.05) is 43.7 Å². The smallest absolute Gasteiger partial charge is 0.338 e. The van der Waals surface area contributed by atoms with Crippen molar-refractivity contribution in [2.45, 2.75) is 38.8 Å². The highest BCUT2D eigenvalue weighted by atomic mass is 16.5. The van der Waals surface area contributed by atoms with Gasteiger partial charge in [0.15, 0.2) is 6.10 Å². The molecule has 1 amide bonds. The molecule has 8 heteroatoms. The Kier molecular flexibility index (Phi) is 6.67. The van der Waals surface area contributed by atoms with Crippen molar-refractivity contribution in [3.8, 4) is 5.69 Å². The van der Waals surface area contributed by atoms with E-state index in [4.69, 9.17) is 4.74 Å². The minimum atomic E-state index is -0.912. The Hall–Kier alpha value is -3.55. The summed E-state index contributed by atoms with van der Waals surface area (Å²) in [5.41, 5.74) is 2.08. The minimum absolute atomic E-state index is 0.120. The molecule has 0 fully saturated rings. The monoisotopic (exact) mass is 393 g/mol. The minimum Gasteiger partial charge on any atom is -0.449 e. The number of nitrogens with one attached hydrogen (secondary N) is 1. The van der Waals surface area contributed by atoms with Gasteiger partial charge in [0.2, 0.25) is 0 Å². The van der Waals surface area contributed by atoms with Crippen molar-refractivity contribution >= 4 is 11.9 Å². The highest BCUT2D eigenvalue weighted by Crippen LogP contribution is 2.18. The van der Waals surface area contributed by atoms with Crippen LogP contribution in [0.15, 0.2) is 60.9 Å². The van der Waals surface area contributed by atoms with E-state index in [1.807, 2.05) is 30.3 Å². The number of esters is 1. The zero-order valence-corrected chi connectivity index (χ0v) is 16.4. The van der Waals surface area contributed by atoms with Crippen LogP contribution in [0.2, 0.25) is 0 Å². The molecule has 0 bridgehead atoms. The van der Waals surface area contributed by atoms with Crippen LogP contribution in [-0.4, -0.2) is 38.2 Å². The average molecular weight is 393 g/mol. The second kappa shape index (κ2) is 9.59. The Labute approximate surface area is 168 Å². The number of tetrazole rings is 1. The number of nitrogens with zero attached hydrogens (tertiary/aromatic N) is 4. The van der Waals surface area contributed by atoms with Gasteiger partial charge in [-0.05, 0) is 53.6 Å². The van der Waals surface area contributed by atoms with Crippen LogP contribution in [0.1, 0.15) is 48.7 Å². The van der Waals surface area contributed by atoms with Crippen LogP contribution in [0, 0.1) is 0 Å². The number of rotatable bonds is 8. The van der Waals surface area contributed by atoms with Crippen molar-refractivity contribution in [3.63, 3.8) is 0 Å². The number of benzene rings is 2. The molecule has 0 radical (unpaired) electrons. The number of hydrogen-bond acceptors (Lipinski definition) is 6. The summed E-state index contributed by atoms with van der Waals surface area (Å²) in [5, 5.41) is 13.9. The standard InChI is InChI=1S/C21H23N5O3/c1-3-7-19(16-8-5-4-6-9-16)23-20(27)15(2)29-21(28)17-10-12-18(13-11-17)26-14-22-24-25-26/h4-6,8-15,19H,3,7H2,1-2H3,(H,23,27)/t15-,19-/m1/s1. The van der Waals surface area contributed by atoms with Crippen LogP contribution in [0.25, 0.3) is 5.69 Å². The highest BCUT2D eigenvalue weighted by Gasteiger charge is 2.22. The first-order valence-electron chi connectivity index (χ1n) is 9.48. The zero-order valence-electron chi connectivity index (χ0n) is 16.4. The third-order valence-electron chi connectivity index (χ3n) is 4.47. The molecule has 0 saturated carbocycles. The first-order chi connectivity index (χ1) is 14.1. The molecule has 2 atom stereocenters. The van der Waals surface area contributed by atoms with Crippen molar-refractivity contribution in [2.75, 3.05) is 0 Å². The van der Waals surface area contributed by atoms with Crippen LogP contribution < -0.4 is 5.32 Å². The van der Waals surface area contributed by atoms with E-state index < -0.39 is 12.1 Å². The molecule has 3 aromatic rings. The van der Waals surface area contributed by atoms with Crippen molar-refractivity contribution in [1.82, 2.24) is 25.5 Å². The molecular formula is C21H23N5O3. The van der Waals surface area contributed by atoms with E-state index in [-0.39, 0.29) is 11.9 Å². The quantitative estimate of drug-likeness (QED) is 0.591. The second-order valence-corrected chi connectivity index (χ2v) is 6.61. The summed E-state index contributed by atoms with van der Waals surface area (Å²) in [4.78, 5) is 25.0. The summed E-state index contributed by atoms with van der Waals surface area (Å²) in [5.74, 6) is -0.895. The van der Waals surface area contributed by atoms with Crippen molar-refractivity contribution in [1.29, 1.82) is 0 Å². The number of amides is 1. The number of ether oxygens (including phenoxy) is 1. The van der Waals surface area contributed by atoms with E-state index in [1.165, 1.54) is 11.0 Å². The van der Waals surface area contributed by atoms with Gasteiger partial charge in [0, 0.05) is 0 Å². The molecule has 0 spiro atoms. The molecule has 0 unspecified atom stereocenters. The molecule has 3 rings (SSSR count). The van der Waals surface area contributed by atoms with Gasteiger partial charge in [-0.3, -0.25) is 4.79 Å². The normalized spacial score (nSPS) is 12.8. The molecule has 0 aliphatic heterocycles. The average Bonchev–Trinajstić information content (AvgIpc) is 3.29. The molecule has 0 aliphatic rings. The fraction of sp³-hybridized carbons (Fsp3) is 0.286. The van der Waals surface area contributed by atoms with E-state index >= 15 is 0 Å².